The highest BCUT2D eigenvalue weighted by Gasteiger charge is 2.33. The van der Waals surface area contributed by atoms with Crippen LogP contribution in [0.1, 0.15) is 15.2 Å². The molecule has 2 aromatic rings. The molecule has 29 heavy (non-hydrogen) atoms. The topological polar surface area (TPSA) is 75.7 Å². The Labute approximate surface area is 174 Å². The number of rotatable bonds is 6. The maximum atomic E-state index is 12.9. The zero-order valence-corrected chi connectivity index (χ0v) is 17.4. The molecule has 2 heterocycles. The van der Waals surface area contributed by atoms with Crippen LogP contribution in [0.3, 0.4) is 0 Å². The van der Waals surface area contributed by atoms with Crippen molar-refractivity contribution < 1.29 is 31.1 Å². The van der Waals surface area contributed by atoms with Crippen LogP contribution in [-0.2, 0) is 16.6 Å². The van der Waals surface area contributed by atoms with Crippen LogP contribution >= 0.6 is 23.1 Å². The minimum atomic E-state index is -4.86. The second-order valence-electron chi connectivity index (χ2n) is 5.97. The smallest absolute Gasteiger partial charge is 0.405 e. The normalized spacial score (nSPS) is 15.8. The molecule has 1 amide bonds. The maximum Gasteiger partial charge on any atom is 0.573 e. The first-order valence-corrected chi connectivity index (χ1v) is 11.9. The first-order chi connectivity index (χ1) is 13.7. The molecule has 0 bridgehead atoms. The summed E-state index contributed by atoms with van der Waals surface area (Å²) in [4.78, 5) is 12.5. The highest BCUT2D eigenvalue weighted by atomic mass is 32.2. The SMILES string of the molecule is O=C(NCc1ccccc1OC(F)(F)F)c1sccc1S(=O)(=O)N1CCSCC1. The predicted octanol–water partition coefficient (Wildman–Crippen LogP) is 3.31. The van der Waals surface area contributed by atoms with E-state index < -0.39 is 28.0 Å². The molecule has 12 heteroatoms. The Morgan fingerprint density at radius 2 is 1.86 bits per heavy atom. The standard InChI is InChI=1S/C17H17F3N2O4S3/c18-17(19,20)26-13-4-2-1-3-12(13)11-21-16(23)15-14(5-8-28-15)29(24,25)22-6-9-27-10-7-22/h1-5,8H,6-7,9-11H2,(H,21,23). The van der Waals surface area contributed by atoms with E-state index in [1.165, 1.54) is 34.0 Å². The van der Waals surface area contributed by atoms with Gasteiger partial charge in [-0.3, -0.25) is 4.79 Å². The molecule has 1 aliphatic rings. The number of nitrogens with zero attached hydrogens (tertiary/aromatic N) is 1. The summed E-state index contributed by atoms with van der Waals surface area (Å²) in [7, 11) is -3.81. The average Bonchev–Trinajstić information content (AvgIpc) is 3.17. The Balaban J connectivity index is 1.75. The molecule has 0 atom stereocenters. The third kappa shape index (κ3) is 5.44. The number of carbonyl (C=O) groups excluding carboxylic acids is 1. The number of thioether (sulfide) groups is 1. The number of para-hydroxylation sites is 1. The molecule has 1 aromatic carbocycles. The van der Waals surface area contributed by atoms with Crippen molar-refractivity contribution in [2.75, 3.05) is 24.6 Å². The largest absolute Gasteiger partial charge is 0.573 e. The highest BCUT2D eigenvalue weighted by Crippen LogP contribution is 2.28. The number of halogens is 3. The Morgan fingerprint density at radius 3 is 2.55 bits per heavy atom. The van der Waals surface area contributed by atoms with E-state index in [-0.39, 0.29) is 21.9 Å². The average molecular weight is 467 g/mol. The van der Waals surface area contributed by atoms with Crippen molar-refractivity contribution in [3.8, 4) is 5.75 Å². The molecule has 158 valence electrons. The molecular weight excluding hydrogens is 449 g/mol. The molecule has 1 aliphatic heterocycles. The first kappa shape index (κ1) is 21.9. The number of alkyl halides is 3. The van der Waals surface area contributed by atoms with Crippen LogP contribution in [0.15, 0.2) is 40.6 Å². The minimum Gasteiger partial charge on any atom is -0.405 e. The van der Waals surface area contributed by atoms with Crippen molar-refractivity contribution in [1.82, 2.24) is 9.62 Å². The van der Waals surface area contributed by atoms with Gasteiger partial charge in [0.15, 0.2) is 0 Å². The van der Waals surface area contributed by atoms with Crippen LogP contribution in [0.5, 0.6) is 5.75 Å². The van der Waals surface area contributed by atoms with Gasteiger partial charge in [-0.05, 0) is 17.5 Å². The molecule has 0 unspecified atom stereocenters. The lowest BCUT2D eigenvalue weighted by Gasteiger charge is -2.25. The van der Waals surface area contributed by atoms with Crippen LogP contribution in [-0.4, -0.2) is 49.6 Å². The van der Waals surface area contributed by atoms with E-state index in [9.17, 15) is 26.4 Å². The number of hydrogen-bond donors (Lipinski definition) is 1. The molecule has 1 N–H and O–H groups in total. The third-order valence-electron chi connectivity index (χ3n) is 4.06. The zero-order valence-electron chi connectivity index (χ0n) is 14.9. The molecular formula is C17H17F3N2O4S3. The van der Waals surface area contributed by atoms with Crippen molar-refractivity contribution in [3.63, 3.8) is 0 Å². The lowest BCUT2D eigenvalue weighted by Crippen LogP contribution is -2.38. The first-order valence-electron chi connectivity index (χ1n) is 8.46. The van der Waals surface area contributed by atoms with Crippen LogP contribution in [0.25, 0.3) is 0 Å². The van der Waals surface area contributed by atoms with E-state index in [2.05, 4.69) is 10.1 Å². The van der Waals surface area contributed by atoms with Gasteiger partial charge in [0.05, 0.1) is 0 Å². The molecule has 0 spiro atoms. The summed E-state index contributed by atoms with van der Waals surface area (Å²) in [5.41, 5.74) is 0.118. The maximum absolute atomic E-state index is 12.9. The number of sulfonamides is 1. The van der Waals surface area contributed by atoms with Crippen LogP contribution in [0.4, 0.5) is 13.2 Å². The lowest BCUT2D eigenvalue weighted by atomic mass is 10.2. The number of amides is 1. The van der Waals surface area contributed by atoms with Crippen LogP contribution in [0, 0.1) is 0 Å². The van der Waals surface area contributed by atoms with Crippen molar-refractivity contribution in [1.29, 1.82) is 0 Å². The summed E-state index contributed by atoms with van der Waals surface area (Å²) in [6.45, 7) is 0.487. The zero-order chi connectivity index (χ0) is 21.1. The van der Waals surface area contributed by atoms with E-state index in [1.54, 1.807) is 11.8 Å². The third-order valence-corrected chi connectivity index (χ3v) is 7.99. The summed E-state index contributed by atoms with van der Waals surface area (Å²) < 4.78 is 68.6. The molecule has 1 saturated heterocycles. The molecule has 1 fully saturated rings. The van der Waals surface area contributed by atoms with Gasteiger partial charge in [0.25, 0.3) is 5.91 Å². The van der Waals surface area contributed by atoms with Crippen molar-refractivity contribution in [2.45, 2.75) is 17.8 Å². The lowest BCUT2D eigenvalue weighted by molar-refractivity contribution is -0.274. The van der Waals surface area contributed by atoms with Gasteiger partial charge in [-0.1, -0.05) is 18.2 Å². The quantitative estimate of drug-likeness (QED) is 0.707. The number of nitrogens with one attached hydrogen (secondary N) is 1. The fraction of sp³-hybridized carbons (Fsp3) is 0.353. The number of benzene rings is 1. The summed E-state index contributed by atoms with van der Waals surface area (Å²) >= 11 is 2.62. The highest BCUT2D eigenvalue weighted by molar-refractivity contribution is 7.99. The van der Waals surface area contributed by atoms with Crippen molar-refractivity contribution in [2.24, 2.45) is 0 Å². The molecule has 0 aliphatic carbocycles. The summed E-state index contributed by atoms with van der Waals surface area (Å²) in [5, 5.41) is 3.98. The van der Waals surface area contributed by atoms with E-state index >= 15 is 0 Å². The van der Waals surface area contributed by atoms with Gasteiger partial charge >= 0.3 is 6.36 Å². The molecule has 1 aromatic heterocycles. The Hall–Kier alpha value is -1.76. The second kappa shape index (κ2) is 8.94. The molecule has 3 rings (SSSR count). The van der Waals surface area contributed by atoms with Crippen molar-refractivity contribution in [3.05, 3.63) is 46.2 Å². The van der Waals surface area contributed by atoms with E-state index in [0.29, 0.717) is 24.6 Å². The number of carbonyl (C=O) groups is 1. The number of hydrogen-bond acceptors (Lipinski definition) is 6. The van der Waals surface area contributed by atoms with Crippen LogP contribution in [0.2, 0.25) is 0 Å². The van der Waals surface area contributed by atoms with Gasteiger partial charge in [-0.25, -0.2) is 8.42 Å². The van der Waals surface area contributed by atoms with E-state index in [0.717, 1.165) is 17.4 Å². The Bertz CT molecular complexity index is 970. The van der Waals surface area contributed by atoms with Gasteiger partial charge in [0.1, 0.15) is 15.5 Å². The van der Waals surface area contributed by atoms with Crippen LogP contribution < -0.4 is 10.1 Å². The van der Waals surface area contributed by atoms with Gasteiger partial charge in [-0.15, -0.1) is 24.5 Å². The molecule has 6 nitrogen and oxygen atoms in total. The summed E-state index contributed by atoms with van der Waals surface area (Å²) in [6.07, 6.45) is -4.86. The molecule has 0 radical (unpaired) electrons. The fourth-order valence-corrected chi connectivity index (χ4v) is 6.61. The fourth-order valence-electron chi connectivity index (χ4n) is 2.72. The predicted molar refractivity (Wildman–Crippen MR) is 105 cm³/mol. The van der Waals surface area contributed by atoms with Gasteiger partial charge in [0, 0.05) is 36.7 Å². The number of ether oxygens (including phenoxy) is 1. The molecule has 0 saturated carbocycles. The van der Waals surface area contributed by atoms with E-state index in [1.807, 2.05) is 0 Å². The Kier molecular flexibility index (Phi) is 6.76. The second-order valence-corrected chi connectivity index (χ2v) is 10.0. The number of thiophene rings is 1. The Morgan fingerprint density at radius 1 is 1.17 bits per heavy atom. The van der Waals surface area contributed by atoms with Gasteiger partial charge in [0.2, 0.25) is 10.0 Å². The summed E-state index contributed by atoms with van der Waals surface area (Å²) in [6, 6.07) is 6.80. The summed E-state index contributed by atoms with van der Waals surface area (Å²) in [5.74, 6) is 0.263. The monoisotopic (exact) mass is 466 g/mol. The van der Waals surface area contributed by atoms with Gasteiger partial charge < -0.3 is 10.1 Å². The van der Waals surface area contributed by atoms with Crippen molar-refractivity contribution >= 4 is 39.0 Å². The van der Waals surface area contributed by atoms with Gasteiger partial charge in [-0.2, -0.15) is 16.1 Å². The van der Waals surface area contributed by atoms with E-state index in [4.69, 9.17) is 0 Å². The minimum absolute atomic E-state index is 0.00236.